The third-order valence-corrected chi connectivity index (χ3v) is 3.51. The van der Waals surface area contributed by atoms with Gasteiger partial charge in [0.2, 0.25) is 0 Å². The highest BCUT2D eigenvalue weighted by Gasteiger charge is 2.10. The number of hydrogen-bond donors (Lipinski definition) is 1. The Hall–Kier alpha value is -2.60. The summed E-state index contributed by atoms with van der Waals surface area (Å²) in [5.41, 5.74) is 1.28. The topological polar surface area (TPSA) is 64.6 Å². The van der Waals surface area contributed by atoms with Crippen molar-refractivity contribution in [2.24, 2.45) is 0 Å². The Morgan fingerprint density at radius 3 is 2.68 bits per heavy atom. The summed E-state index contributed by atoms with van der Waals surface area (Å²) in [5, 5.41) is 2.35. The minimum absolute atomic E-state index is 0.0178. The Kier molecular flexibility index (Phi) is 6.77. The van der Waals surface area contributed by atoms with Crippen molar-refractivity contribution in [1.82, 2.24) is 0 Å². The average molecular weight is 366 g/mol. The molecule has 0 bridgehead atoms. The molecule has 2 aromatic rings. The molecular formula is C18H17ClFNO4. The molecule has 0 aromatic heterocycles. The van der Waals surface area contributed by atoms with Crippen LogP contribution in [0.3, 0.4) is 0 Å². The van der Waals surface area contributed by atoms with Crippen LogP contribution < -0.4 is 10.1 Å². The summed E-state index contributed by atoms with van der Waals surface area (Å²) in [6.45, 7) is 1.61. The molecule has 25 heavy (non-hydrogen) atoms. The van der Waals surface area contributed by atoms with Crippen LogP contribution in [0.15, 0.2) is 42.5 Å². The fourth-order valence-electron chi connectivity index (χ4n) is 1.95. The molecule has 0 saturated heterocycles. The molecule has 5 nitrogen and oxygen atoms in total. The van der Waals surface area contributed by atoms with Crippen molar-refractivity contribution in [2.75, 3.05) is 18.5 Å². The van der Waals surface area contributed by atoms with Crippen LogP contribution in [0.1, 0.15) is 12.0 Å². The van der Waals surface area contributed by atoms with Crippen LogP contribution in [0, 0.1) is 12.7 Å². The minimum atomic E-state index is -0.584. The molecule has 7 heteroatoms. The van der Waals surface area contributed by atoms with Gasteiger partial charge in [0.15, 0.2) is 6.61 Å². The number of amides is 1. The lowest BCUT2D eigenvalue weighted by molar-refractivity contribution is -0.147. The van der Waals surface area contributed by atoms with E-state index in [1.54, 1.807) is 0 Å². The number of benzene rings is 2. The normalized spacial score (nSPS) is 10.2. The van der Waals surface area contributed by atoms with E-state index in [0.29, 0.717) is 11.4 Å². The first kappa shape index (κ1) is 18.7. The van der Waals surface area contributed by atoms with E-state index in [4.69, 9.17) is 21.1 Å². The van der Waals surface area contributed by atoms with Gasteiger partial charge < -0.3 is 14.8 Å². The number of para-hydroxylation sites is 1. The van der Waals surface area contributed by atoms with Gasteiger partial charge in [0, 0.05) is 5.69 Å². The van der Waals surface area contributed by atoms with E-state index in [1.165, 1.54) is 12.1 Å². The third-order valence-electron chi connectivity index (χ3n) is 3.22. The summed E-state index contributed by atoms with van der Waals surface area (Å²) in [5.74, 6) is -0.988. The van der Waals surface area contributed by atoms with E-state index in [1.807, 2.05) is 31.2 Å². The number of ether oxygens (including phenoxy) is 2. The fraction of sp³-hybridized carbons (Fsp3) is 0.222. The summed E-state index contributed by atoms with van der Waals surface area (Å²) in [7, 11) is 0. The van der Waals surface area contributed by atoms with Gasteiger partial charge in [-0.3, -0.25) is 9.59 Å². The number of hydrogen-bond acceptors (Lipinski definition) is 4. The van der Waals surface area contributed by atoms with Crippen LogP contribution in [0.5, 0.6) is 5.75 Å². The number of carbonyl (C=O) groups excluding carboxylic acids is 2. The molecule has 0 unspecified atom stereocenters. The van der Waals surface area contributed by atoms with Gasteiger partial charge in [0.25, 0.3) is 5.91 Å². The number of rotatable bonds is 7. The van der Waals surface area contributed by atoms with Gasteiger partial charge in [-0.15, -0.1) is 0 Å². The summed E-state index contributed by atoms with van der Waals surface area (Å²) in [6.07, 6.45) is 0.0178. The summed E-state index contributed by atoms with van der Waals surface area (Å²) in [6, 6.07) is 11.2. The predicted octanol–water partition coefficient (Wildman–Crippen LogP) is 3.74. The molecule has 0 aliphatic heterocycles. The van der Waals surface area contributed by atoms with Crippen LogP contribution in [0.4, 0.5) is 10.1 Å². The van der Waals surface area contributed by atoms with Crippen molar-refractivity contribution >= 4 is 29.2 Å². The van der Waals surface area contributed by atoms with E-state index < -0.39 is 24.3 Å². The molecule has 1 N–H and O–H groups in total. The highest BCUT2D eigenvalue weighted by molar-refractivity contribution is 6.31. The predicted molar refractivity (Wildman–Crippen MR) is 92.3 cm³/mol. The highest BCUT2D eigenvalue weighted by Crippen LogP contribution is 2.19. The standard InChI is InChI=1S/C18H17ClFNO4/c1-12-4-2-3-5-16(12)24-9-8-18(23)25-11-17(22)21-13-6-7-15(20)14(19)10-13/h2-7,10H,8-9,11H2,1H3,(H,21,22). The van der Waals surface area contributed by atoms with Crippen LogP contribution in [0.2, 0.25) is 5.02 Å². The monoisotopic (exact) mass is 365 g/mol. The van der Waals surface area contributed by atoms with Gasteiger partial charge in [-0.05, 0) is 36.8 Å². The molecule has 0 spiro atoms. The third kappa shape index (κ3) is 6.08. The smallest absolute Gasteiger partial charge is 0.309 e. The van der Waals surface area contributed by atoms with Crippen LogP contribution >= 0.6 is 11.6 Å². The quantitative estimate of drug-likeness (QED) is 0.759. The van der Waals surface area contributed by atoms with Gasteiger partial charge in [0.05, 0.1) is 18.1 Å². The molecule has 1 amide bonds. The van der Waals surface area contributed by atoms with E-state index in [-0.39, 0.29) is 18.1 Å². The number of nitrogens with one attached hydrogen (secondary N) is 1. The van der Waals surface area contributed by atoms with Crippen LogP contribution in [0.25, 0.3) is 0 Å². The number of aryl methyl sites for hydroxylation is 1. The molecule has 0 aliphatic rings. The Labute approximate surface area is 149 Å². The molecule has 0 atom stereocenters. The molecule has 2 rings (SSSR count). The molecule has 2 aromatic carbocycles. The summed E-state index contributed by atoms with van der Waals surface area (Å²) in [4.78, 5) is 23.3. The molecule has 0 heterocycles. The lowest BCUT2D eigenvalue weighted by Crippen LogP contribution is -2.21. The summed E-state index contributed by atoms with van der Waals surface area (Å²) < 4.78 is 23.4. The van der Waals surface area contributed by atoms with E-state index in [9.17, 15) is 14.0 Å². The SMILES string of the molecule is Cc1ccccc1OCCC(=O)OCC(=O)Nc1ccc(F)c(Cl)c1. The van der Waals surface area contributed by atoms with Crippen LogP contribution in [-0.2, 0) is 14.3 Å². The lowest BCUT2D eigenvalue weighted by atomic mass is 10.2. The van der Waals surface area contributed by atoms with Crippen molar-refractivity contribution in [3.63, 3.8) is 0 Å². The Bertz CT molecular complexity index is 766. The second kappa shape index (κ2) is 9.03. The molecule has 0 radical (unpaired) electrons. The van der Waals surface area contributed by atoms with Crippen molar-refractivity contribution in [1.29, 1.82) is 0 Å². The zero-order valence-corrected chi connectivity index (χ0v) is 14.3. The number of halogens is 2. The maximum atomic E-state index is 13.0. The Balaban J connectivity index is 1.69. The van der Waals surface area contributed by atoms with Crippen molar-refractivity contribution in [3.8, 4) is 5.75 Å². The second-order valence-corrected chi connectivity index (χ2v) is 5.61. The molecule has 132 valence electrons. The van der Waals surface area contributed by atoms with E-state index in [2.05, 4.69) is 5.32 Å². The molecule has 0 aliphatic carbocycles. The van der Waals surface area contributed by atoms with Crippen LogP contribution in [-0.4, -0.2) is 25.1 Å². The lowest BCUT2D eigenvalue weighted by Gasteiger charge is -2.09. The van der Waals surface area contributed by atoms with Crippen molar-refractivity contribution in [2.45, 2.75) is 13.3 Å². The fourth-order valence-corrected chi connectivity index (χ4v) is 2.13. The minimum Gasteiger partial charge on any atom is -0.493 e. The van der Waals surface area contributed by atoms with Gasteiger partial charge in [-0.2, -0.15) is 0 Å². The van der Waals surface area contributed by atoms with Gasteiger partial charge in [-0.1, -0.05) is 29.8 Å². The van der Waals surface area contributed by atoms with E-state index >= 15 is 0 Å². The highest BCUT2D eigenvalue weighted by atomic mass is 35.5. The first-order valence-corrected chi connectivity index (χ1v) is 7.92. The maximum Gasteiger partial charge on any atom is 0.309 e. The van der Waals surface area contributed by atoms with Gasteiger partial charge >= 0.3 is 5.97 Å². The summed E-state index contributed by atoms with van der Waals surface area (Å²) >= 11 is 5.62. The van der Waals surface area contributed by atoms with Crippen molar-refractivity contribution < 1.29 is 23.5 Å². The first-order chi connectivity index (χ1) is 12.0. The number of anilines is 1. The van der Waals surface area contributed by atoms with Crippen molar-refractivity contribution in [3.05, 3.63) is 58.9 Å². The second-order valence-electron chi connectivity index (χ2n) is 5.20. The molecule has 0 fully saturated rings. The Morgan fingerprint density at radius 2 is 1.96 bits per heavy atom. The Morgan fingerprint density at radius 1 is 1.20 bits per heavy atom. The van der Waals surface area contributed by atoms with Gasteiger partial charge in [-0.25, -0.2) is 4.39 Å². The largest absolute Gasteiger partial charge is 0.493 e. The van der Waals surface area contributed by atoms with E-state index in [0.717, 1.165) is 11.6 Å². The number of esters is 1. The molecule has 0 saturated carbocycles. The zero-order valence-electron chi connectivity index (χ0n) is 13.6. The average Bonchev–Trinajstić information content (AvgIpc) is 2.58. The maximum absolute atomic E-state index is 13.0. The molecular weight excluding hydrogens is 349 g/mol. The first-order valence-electron chi connectivity index (χ1n) is 7.54. The van der Waals surface area contributed by atoms with Gasteiger partial charge in [0.1, 0.15) is 11.6 Å². The number of carbonyl (C=O) groups is 2. The zero-order chi connectivity index (χ0) is 18.2.